The van der Waals surface area contributed by atoms with Crippen LogP contribution in [0, 0.1) is 13.8 Å². The molecular weight excluding hydrogens is 344 g/mol. The first-order valence-electron chi connectivity index (χ1n) is 7.30. The number of carbonyl (C=O) groups excluding carboxylic acids is 1. The molecule has 0 aliphatic rings. The van der Waals surface area contributed by atoms with Crippen molar-refractivity contribution in [2.45, 2.75) is 18.7 Å². The van der Waals surface area contributed by atoms with Crippen LogP contribution in [0.2, 0.25) is 0 Å². The monoisotopic (exact) mass is 360 g/mol. The Morgan fingerprint density at radius 1 is 1.17 bits per heavy atom. The zero-order valence-corrected chi connectivity index (χ0v) is 14.9. The molecule has 7 heteroatoms. The van der Waals surface area contributed by atoms with Crippen molar-refractivity contribution in [3.63, 3.8) is 0 Å². The summed E-state index contributed by atoms with van der Waals surface area (Å²) in [5.41, 5.74) is 2.98. The molecule has 5 nitrogen and oxygen atoms in total. The van der Waals surface area contributed by atoms with E-state index >= 15 is 0 Å². The molecule has 3 rings (SSSR count). The van der Waals surface area contributed by atoms with Crippen LogP contribution in [0.5, 0.6) is 0 Å². The fraction of sp³-hybridized carbons (Fsp3) is 0.176. The van der Waals surface area contributed by atoms with E-state index in [-0.39, 0.29) is 4.90 Å². The lowest BCUT2D eigenvalue weighted by Gasteiger charge is -2.04. The van der Waals surface area contributed by atoms with Crippen LogP contribution < -0.4 is 5.32 Å². The number of nitrogens with zero attached hydrogens (tertiary/aromatic N) is 1. The molecule has 0 saturated carbocycles. The summed E-state index contributed by atoms with van der Waals surface area (Å²) in [6.07, 6.45) is 0. The number of aromatic nitrogens is 1. The predicted molar refractivity (Wildman–Crippen MR) is 96.2 cm³/mol. The highest BCUT2D eigenvalue weighted by Gasteiger charge is 2.20. The molecule has 0 bridgehead atoms. The van der Waals surface area contributed by atoms with Crippen molar-refractivity contribution in [1.29, 1.82) is 0 Å². The van der Waals surface area contributed by atoms with E-state index in [0.717, 1.165) is 21.3 Å². The van der Waals surface area contributed by atoms with Gasteiger partial charge in [-0.25, -0.2) is 13.4 Å². The van der Waals surface area contributed by atoms with Crippen LogP contribution in [-0.4, -0.2) is 25.1 Å². The topological polar surface area (TPSA) is 76.1 Å². The Morgan fingerprint density at radius 3 is 2.58 bits per heavy atom. The molecule has 0 aliphatic heterocycles. The van der Waals surface area contributed by atoms with Crippen molar-refractivity contribution in [2.24, 2.45) is 0 Å². The van der Waals surface area contributed by atoms with Gasteiger partial charge >= 0.3 is 0 Å². The molecule has 0 aliphatic carbocycles. The summed E-state index contributed by atoms with van der Waals surface area (Å²) < 4.78 is 25.4. The predicted octanol–water partition coefficient (Wildman–Crippen LogP) is 3.33. The number of carbonyl (C=O) groups is 1. The zero-order valence-electron chi connectivity index (χ0n) is 13.2. The summed E-state index contributed by atoms with van der Waals surface area (Å²) in [5.74, 6) is -1.20. The van der Waals surface area contributed by atoms with Crippen LogP contribution in [0.1, 0.15) is 11.1 Å². The Morgan fingerprint density at radius 2 is 1.88 bits per heavy atom. The van der Waals surface area contributed by atoms with E-state index in [1.807, 2.05) is 26.0 Å². The van der Waals surface area contributed by atoms with Gasteiger partial charge in [0.15, 0.2) is 15.0 Å². The van der Waals surface area contributed by atoms with Crippen LogP contribution in [0.4, 0.5) is 5.13 Å². The minimum atomic E-state index is -3.66. The second kappa shape index (κ2) is 6.33. The molecule has 1 N–H and O–H groups in total. The lowest BCUT2D eigenvalue weighted by atomic mass is 10.1. The summed E-state index contributed by atoms with van der Waals surface area (Å²) in [5, 5.41) is 3.00. The van der Waals surface area contributed by atoms with E-state index in [1.165, 1.54) is 23.5 Å². The van der Waals surface area contributed by atoms with Crippen LogP contribution in [0.15, 0.2) is 47.4 Å². The standard InChI is InChI=1S/C17H16N2O3S2/c1-11-8-12(2)16-14(9-11)18-17(23-16)19-15(20)10-24(21,22)13-6-4-3-5-7-13/h3-9H,10H2,1-2H3,(H,18,19,20). The molecule has 2 aromatic carbocycles. The van der Waals surface area contributed by atoms with E-state index in [4.69, 9.17) is 0 Å². The van der Waals surface area contributed by atoms with Crippen LogP contribution in [0.3, 0.4) is 0 Å². The van der Waals surface area contributed by atoms with Crippen molar-refractivity contribution in [3.05, 3.63) is 53.6 Å². The molecule has 3 aromatic rings. The minimum absolute atomic E-state index is 0.135. The maximum atomic E-state index is 12.2. The first kappa shape index (κ1) is 16.6. The smallest absolute Gasteiger partial charge is 0.241 e. The number of benzene rings is 2. The molecule has 0 spiro atoms. The quantitative estimate of drug-likeness (QED) is 0.774. The number of nitrogens with one attached hydrogen (secondary N) is 1. The maximum absolute atomic E-state index is 12.2. The third-order valence-corrected chi connectivity index (χ3v) is 6.24. The van der Waals surface area contributed by atoms with Gasteiger partial charge in [-0.1, -0.05) is 35.6 Å². The molecule has 0 unspecified atom stereocenters. The molecule has 0 radical (unpaired) electrons. The highest BCUT2D eigenvalue weighted by Crippen LogP contribution is 2.29. The van der Waals surface area contributed by atoms with Crippen LogP contribution in [-0.2, 0) is 14.6 Å². The number of aryl methyl sites for hydroxylation is 2. The Bertz CT molecular complexity index is 1010. The summed E-state index contributed by atoms with van der Waals surface area (Å²) >= 11 is 1.34. The van der Waals surface area contributed by atoms with E-state index < -0.39 is 21.5 Å². The molecule has 0 saturated heterocycles. The fourth-order valence-corrected chi connectivity index (χ4v) is 4.56. The normalized spacial score (nSPS) is 11.6. The van der Waals surface area contributed by atoms with E-state index in [0.29, 0.717) is 5.13 Å². The van der Waals surface area contributed by atoms with E-state index in [1.54, 1.807) is 18.2 Å². The lowest BCUT2D eigenvalue weighted by molar-refractivity contribution is -0.113. The first-order valence-corrected chi connectivity index (χ1v) is 9.77. The van der Waals surface area contributed by atoms with Gasteiger partial charge in [-0.15, -0.1) is 0 Å². The van der Waals surface area contributed by atoms with Gasteiger partial charge in [-0.05, 0) is 43.2 Å². The number of anilines is 1. The molecule has 1 aromatic heterocycles. The lowest BCUT2D eigenvalue weighted by Crippen LogP contribution is -2.22. The van der Waals surface area contributed by atoms with Crippen LogP contribution in [0.25, 0.3) is 10.2 Å². The van der Waals surface area contributed by atoms with E-state index in [9.17, 15) is 13.2 Å². The molecule has 1 amide bonds. The van der Waals surface area contributed by atoms with Gasteiger partial charge in [0.25, 0.3) is 0 Å². The van der Waals surface area contributed by atoms with Gasteiger partial charge in [-0.3, -0.25) is 4.79 Å². The summed E-state index contributed by atoms with van der Waals surface area (Å²) in [7, 11) is -3.66. The minimum Gasteiger partial charge on any atom is -0.301 e. The number of hydrogen-bond donors (Lipinski definition) is 1. The van der Waals surface area contributed by atoms with E-state index in [2.05, 4.69) is 10.3 Å². The molecule has 124 valence electrons. The van der Waals surface area contributed by atoms with Crippen molar-refractivity contribution in [1.82, 2.24) is 4.98 Å². The molecule has 24 heavy (non-hydrogen) atoms. The second-order valence-corrected chi connectivity index (χ2v) is 8.56. The van der Waals surface area contributed by atoms with Crippen molar-refractivity contribution in [3.8, 4) is 0 Å². The van der Waals surface area contributed by atoms with Gasteiger partial charge in [0.05, 0.1) is 15.1 Å². The third kappa shape index (κ3) is 3.47. The van der Waals surface area contributed by atoms with Crippen LogP contribution >= 0.6 is 11.3 Å². The number of rotatable bonds is 4. The summed E-state index contributed by atoms with van der Waals surface area (Å²) in [6.45, 7) is 3.97. The number of hydrogen-bond acceptors (Lipinski definition) is 5. The average molecular weight is 360 g/mol. The Balaban J connectivity index is 1.79. The highest BCUT2D eigenvalue weighted by atomic mass is 32.2. The number of fused-ring (bicyclic) bond motifs is 1. The molecule has 0 atom stereocenters. The van der Waals surface area contributed by atoms with Gasteiger partial charge in [0.1, 0.15) is 5.75 Å². The molecule has 0 fully saturated rings. The van der Waals surface area contributed by atoms with Crippen molar-refractivity contribution in [2.75, 3.05) is 11.1 Å². The summed E-state index contributed by atoms with van der Waals surface area (Å²) in [6, 6.07) is 11.9. The van der Waals surface area contributed by atoms with Gasteiger partial charge in [0, 0.05) is 0 Å². The third-order valence-electron chi connectivity index (χ3n) is 3.49. The van der Waals surface area contributed by atoms with Crippen molar-refractivity contribution >= 4 is 42.4 Å². The first-order chi connectivity index (χ1) is 11.3. The van der Waals surface area contributed by atoms with Gasteiger partial charge in [-0.2, -0.15) is 0 Å². The van der Waals surface area contributed by atoms with Gasteiger partial charge < -0.3 is 5.32 Å². The zero-order chi connectivity index (χ0) is 17.3. The maximum Gasteiger partial charge on any atom is 0.241 e. The SMILES string of the molecule is Cc1cc(C)c2sc(NC(=O)CS(=O)(=O)c3ccccc3)nc2c1. The number of amides is 1. The number of thiazole rings is 1. The molecule has 1 heterocycles. The molecular formula is C17H16N2O3S2. The Hall–Kier alpha value is -2.25. The van der Waals surface area contributed by atoms with Crippen molar-refractivity contribution < 1.29 is 13.2 Å². The summed E-state index contributed by atoms with van der Waals surface area (Å²) in [4.78, 5) is 16.6. The number of sulfone groups is 1. The highest BCUT2D eigenvalue weighted by molar-refractivity contribution is 7.92. The Labute approximate surface area is 144 Å². The Kier molecular flexibility index (Phi) is 4.38. The average Bonchev–Trinajstić information content (AvgIpc) is 2.90. The largest absolute Gasteiger partial charge is 0.301 e. The second-order valence-electron chi connectivity index (χ2n) is 5.57. The van der Waals surface area contributed by atoms with Gasteiger partial charge in [0.2, 0.25) is 5.91 Å². The fourth-order valence-electron chi connectivity index (χ4n) is 2.47.